The van der Waals surface area contributed by atoms with Crippen LogP contribution < -0.4 is 10.6 Å². The van der Waals surface area contributed by atoms with Gasteiger partial charge in [0.1, 0.15) is 5.69 Å². The maximum atomic E-state index is 11.5. The SMILES string of the molecule is CNC(=O)c1ccc(NCc2cccnc2)c([N+](=O)[O-])c1. The highest BCUT2D eigenvalue weighted by atomic mass is 16.6. The van der Waals surface area contributed by atoms with Crippen LogP contribution in [0.25, 0.3) is 0 Å². The lowest BCUT2D eigenvalue weighted by molar-refractivity contribution is -0.384. The average molecular weight is 286 g/mol. The number of benzene rings is 1. The van der Waals surface area contributed by atoms with Crippen molar-refractivity contribution >= 4 is 17.3 Å². The minimum absolute atomic E-state index is 0.139. The minimum Gasteiger partial charge on any atom is -0.375 e. The van der Waals surface area contributed by atoms with Crippen LogP contribution in [0.3, 0.4) is 0 Å². The molecule has 0 fully saturated rings. The Balaban J connectivity index is 2.22. The van der Waals surface area contributed by atoms with E-state index in [-0.39, 0.29) is 17.2 Å². The molecule has 2 rings (SSSR count). The lowest BCUT2D eigenvalue weighted by atomic mass is 10.1. The number of hydrogen-bond acceptors (Lipinski definition) is 5. The fourth-order valence-electron chi connectivity index (χ4n) is 1.82. The molecule has 0 aliphatic rings. The number of carbonyl (C=O) groups excluding carboxylic acids is 1. The van der Waals surface area contributed by atoms with E-state index in [2.05, 4.69) is 15.6 Å². The number of pyridine rings is 1. The van der Waals surface area contributed by atoms with E-state index in [4.69, 9.17) is 0 Å². The molecule has 0 saturated heterocycles. The predicted molar refractivity (Wildman–Crippen MR) is 78.1 cm³/mol. The zero-order valence-electron chi connectivity index (χ0n) is 11.4. The second-order valence-electron chi connectivity index (χ2n) is 4.28. The van der Waals surface area contributed by atoms with Gasteiger partial charge < -0.3 is 10.6 Å². The standard InChI is InChI=1S/C14H14N4O3/c1-15-14(19)11-4-5-12(13(7-11)18(20)21)17-9-10-3-2-6-16-8-10/h2-8,17H,9H2,1H3,(H,15,19). The van der Waals surface area contributed by atoms with Gasteiger partial charge in [0.2, 0.25) is 0 Å². The van der Waals surface area contributed by atoms with E-state index >= 15 is 0 Å². The summed E-state index contributed by atoms with van der Waals surface area (Å²) in [6.45, 7) is 0.411. The summed E-state index contributed by atoms with van der Waals surface area (Å²) in [6.07, 6.45) is 3.34. The predicted octanol–water partition coefficient (Wildman–Crippen LogP) is 1.96. The Morgan fingerprint density at radius 2 is 2.19 bits per heavy atom. The molecule has 108 valence electrons. The Morgan fingerprint density at radius 1 is 1.38 bits per heavy atom. The van der Waals surface area contributed by atoms with Gasteiger partial charge in [-0.1, -0.05) is 6.07 Å². The lowest BCUT2D eigenvalue weighted by Gasteiger charge is -2.08. The number of carbonyl (C=O) groups is 1. The van der Waals surface area contributed by atoms with Gasteiger partial charge in [-0.25, -0.2) is 0 Å². The molecule has 7 heteroatoms. The largest absolute Gasteiger partial charge is 0.375 e. The normalized spacial score (nSPS) is 9.95. The van der Waals surface area contributed by atoms with Crippen molar-refractivity contribution in [3.63, 3.8) is 0 Å². The third-order valence-corrected chi connectivity index (χ3v) is 2.89. The number of anilines is 1. The van der Waals surface area contributed by atoms with Crippen molar-refractivity contribution in [2.45, 2.75) is 6.54 Å². The van der Waals surface area contributed by atoms with Crippen molar-refractivity contribution in [2.75, 3.05) is 12.4 Å². The van der Waals surface area contributed by atoms with E-state index in [0.717, 1.165) is 5.56 Å². The van der Waals surface area contributed by atoms with Crippen LogP contribution in [0.4, 0.5) is 11.4 Å². The van der Waals surface area contributed by atoms with E-state index in [1.165, 1.54) is 25.2 Å². The molecule has 0 bridgehead atoms. The van der Waals surface area contributed by atoms with Crippen LogP contribution >= 0.6 is 0 Å². The highest BCUT2D eigenvalue weighted by Gasteiger charge is 2.16. The van der Waals surface area contributed by atoms with E-state index in [0.29, 0.717) is 12.2 Å². The van der Waals surface area contributed by atoms with Gasteiger partial charge in [0.25, 0.3) is 11.6 Å². The van der Waals surface area contributed by atoms with Crippen molar-refractivity contribution in [3.05, 3.63) is 64.0 Å². The summed E-state index contributed by atoms with van der Waals surface area (Å²) in [5.41, 5.74) is 1.37. The summed E-state index contributed by atoms with van der Waals surface area (Å²) in [6, 6.07) is 7.98. The van der Waals surface area contributed by atoms with Crippen LogP contribution in [-0.2, 0) is 6.54 Å². The number of nitro benzene ring substituents is 1. The number of rotatable bonds is 5. The maximum absolute atomic E-state index is 11.5. The molecule has 0 spiro atoms. The zero-order chi connectivity index (χ0) is 15.2. The quantitative estimate of drug-likeness (QED) is 0.647. The van der Waals surface area contributed by atoms with Crippen LogP contribution in [0.15, 0.2) is 42.7 Å². The Bertz CT molecular complexity index is 659. The highest BCUT2D eigenvalue weighted by molar-refractivity contribution is 5.95. The van der Waals surface area contributed by atoms with Crippen LogP contribution in [0.5, 0.6) is 0 Å². The number of nitrogens with zero attached hydrogens (tertiary/aromatic N) is 2. The third-order valence-electron chi connectivity index (χ3n) is 2.89. The highest BCUT2D eigenvalue weighted by Crippen LogP contribution is 2.26. The van der Waals surface area contributed by atoms with E-state index in [1.54, 1.807) is 18.5 Å². The summed E-state index contributed by atoms with van der Waals surface area (Å²) < 4.78 is 0. The van der Waals surface area contributed by atoms with E-state index in [1.807, 2.05) is 6.07 Å². The molecule has 0 unspecified atom stereocenters. The van der Waals surface area contributed by atoms with Gasteiger partial charge in [0, 0.05) is 37.6 Å². The van der Waals surface area contributed by atoms with Crippen LogP contribution in [-0.4, -0.2) is 22.9 Å². The number of aromatic nitrogens is 1. The van der Waals surface area contributed by atoms with E-state index in [9.17, 15) is 14.9 Å². The molecule has 1 aromatic heterocycles. The summed E-state index contributed by atoms with van der Waals surface area (Å²) in [5, 5.41) is 16.5. The summed E-state index contributed by atoms with van der Waals surface area (Å²) >= 11 is 0. The maximum Gasteiger partial charge on any atom is 0.293 e. The molecule has 1 amide bonds. The topological polar surface area (TPSA) is 97.2 Å². The van der Waals surface area contributed by atoms with Crippen molar-refractivity contribution in [2.24, 2.45) is 0 Å². The lowest BCUT2D eigenvalue weighted by Crippen LogP contribution is -2.18. The first-order valence-electron chi connectivity index (χ1n) is 6.25. The van der Waals surface area contributed by atoms with Crippen LogP contribution in [0.2, 0.25) is 0 Å². The summed E-state index contributed by atoms with van der Waals surface area (Å²) in [7, 11) is 1.47. The molecule has 0 radical (unpaired) electrons. The van der Waals surface area contributed by atoms with Gasteiger partial charge >= 0.3 is 0 Å². The van der Waals surface area contributed by atoms with Crippen molar-refractivity contribution in [1.82, 2.24) is 10.3 Å². The number of hydrogen-bond donors (Lipinski definition) is 2. The Morgan fingerprint density at radius 3 is 2.81 bits per heavy atom. The molecule has 0 aliphatic heterocycles. The first-order valence-corrected chi connectivity index (χ1v) is 6.25. The summed E-state index contributed by atoms with van der Waals surface area (Å²) in [5.74, 6) is -0.364. The molecule has 21 heavy (non-hydrogen) atoms. The molecule has 0 saturated carbocycles. The van der Waals surface area contributed by atoms with Gasteiger partial charge in [-0.3, -0.25) is 19.9 Å². The molecule has 2 N–H and O–H groups in total. The molecule has 1 heterocycles. The Kier molecular flexibility index (Phi) is 4.45. The fraction of sp³-hybridized carbons (Fsp3) is 0.143. The Hall–Kier alpha value is -2.96. The van der Waals surface area contributed by atoms with Gasteiger partial charge in [-0.2, -0.15) is 0 Å². The third kappa shape index (κ3) is 3.53. The molecule has 0 aliphatic carbocycles. The first kappa shape index (κ1) is 14.4. The van der Waals surface area contributed by atoms with Crippen molar-refractivity contribution in [1.29, 1.82) is 0 Å². The second-order valence-corrected chi connectivity index (χ2v) is 4.28. The van der Waals surface area contributed by atoms with Crippen molar-refractivity contribution < 1.29 is 9.72 Å². The van der Waals surface area contributed by atoms with E-state index < -0.39 is 4.92 Å². The molecule has 2 aromatic rings. The molecule has 1 aromatic carbocycles. The van der Waals surface area contributed by atoms with Crippen molar-refractivity contribution in [3.8, 4) is 0 Å². The van der Waals surface area contributed by atoms with Gasteiger partial charge in [-0.05, 0) is 23.8 Å². The minimum atomic E-state index is -0.516. The number of nitrogens with one attached hydrogen (secondary N) is 2. The van der Waals surface area contributed by atoms with Gasteiger partial charge in [-0.15, -0.1) is 0 Å². The average Bonchev–Trinajstić information content (AvgIpc) is 2.52. The van der Waals surface area contributed by atoms with Crippen LogP contribution in [0.1, 0.15) is 15.9 Å². The van der Waals surface area contributed by atoms with Crippen LogP contribution in [0, 0.1) is 10.1 Å². The number of nitro groups is 1. The molecular weight excluding hydrogens is 272 g/mol. The molecule has 0 atom stereocenters. The molecular formula is C14H14N4O3. The second kappa shape index (κ2) is 6.47. The number of amides is 1. The smallest absolute Gasteiger partial charge is 0.293 e. The van der Waals surface area contributed by atoms with Gasteiger partial charge in [0.05, 0.1) is 4.92 Å². The monoisotopic (exact) mass is 286 g/mol. The fourth-order valence-corrected chi connectivity index (χ4v) is 1.82. The zero-order valence-corrected chi connectivity index (χ0v) is 11.4. The molecule has 7 nitrogen and oxygen atoms in total. The summed E-state index contributed by atoms with van der Waals surface area (Å²) in [4.78, 5) is 26.1. The van der Waals surface area contributed by atoms with Gasteiger partial charge in [0.15, 0.2) is 0 Å². The first-order chi connectivity index (χ1) is 10.1. The Labute approximate surface area is 121 Å².